The van der Waals surface area contributed by atoms with Crippen LogP contribution in [-0.2, 0) is 0 Å². The van der Waals surface area contributed by atoms with Crippen LogP contribution in [0.2, 0.25) is 0 Å². The van der Waals surface area contributed by atoms with E-state index >= 15 is 0 Å². The first kappa shape index (κ1) is 20.5. The number of benzene rings is 1. The lowest BCUT2D eigenvalue weighted by Crippen LogP contribution is -2.48. The summed E-state index contributed by atoms with van der Waals surface area (Å²) in [4.78, 5) is 7.01. The van der Waals surface area contributed by atoms with Crippen LogP contribution in [0.1, 0.15) is 18.5 Å². The van der Waals surface area contributed by atoms with Crippen LogP contribution < -0.4 is 10.2 Å². The van der Waals surface area contributed by atoms with E-state index in [-0.39, 0.29) is 11.6 Å². The molecule has 1 saturated heterocycles. The summed E-state index contributed by atoms with van der Waals surface area (Å²) in [7, 11) is 0. The van der Waals surface area contributed by atoms with Gasteiger partial charge in [-0.25, -0.2) is 17.7 Å². The van der Waals surface area contributed by atoms with Gasteiger partial charge in [-0.1, -0.05) is 0 Å². The summed E-state index contributed by atoms with van der Waals surface area (Å²) >= 11 is 1.55. The van der Waals surface area contributed by atoms with Crippen LogP contribution >= 0.6 is 11.5 Å². The lowest BCUT2D eigenvalue weighted by Gasteiger charge is -2.38. The van der Waals surface area contributed by atoms with Gasteiger partial charge in [0.2, 0.25) is 5.95 Å². The molecule has 2 bridgehead atoms. The van der Waals surface area contributed by atoms with Crippen molar-refractivity contribution in [3.8, 4) is 11.1 Å². The van der Waals surface area contributed by atoms with E-state index in [0.717, 1.165) is 37.7 Å². The van der Waals surface area contributed by atoms with Gasteiger partial charge in [0.15, 0.2) is 23.1 Å². The third kappa shape index (κ3) is 3.43. The fraction of sp³-hybridized carbons (Fsp3) is 0.348. The number of nitrogens with one attached hydrogen (secondary N) is 1. The highest BCUT2D eigenvalue weighted by atomic mass is 32.1. The lowest BCUT2D eigenvalue weighted by molar-refractivity contribution is 0.377. The molecule has 1 aliphatic carbocycles. The molecule has 2 fully saturated rings. The van der Waals surface area contributed by atoms with Crippen LogP contribution in [-0.4, -0.2) is 38.1 Å². The predicted octanol–water partition coefficient (Wildman–Crippen LogP) is 4.91. The normalized spacial score (nSPS) is 22.3. The third-order valence-electron chi connectivity index (χ3n) is 6.74. The maximum absolute atomic E-state index is 14.4. The molecule has 3 atom stereocenters. The Morgan fingerprint density at radius 3 is 2.55 bits per heavy atom. The minimum absolute atomic E-state index is 0.0494. The summed E-state index contributed by atoms with van der Waals surface area (Å²) in [5, 5.41) is 9.25. The molecule has 0 radical (unpaired) electrons. The number of anilines is 2. The second kappa shape index (κ2) is 7.72. The van der Waals surface area contributed by atoms with E-state index in [9.17, 15) is 13.2 Å². The molecule has 10 heteroatoms. The topological polar surface area (TPSA) is 58.4 Å². The first-order chi connectivity index (χ1) is 16.0. The average Bonchev–Trinajstić information content (AvgIpc) is 3.48. The minimum atomic E-state index is -1.49. The van der Waals surface area contributed by atoms with Crippen molar-refractivity contribution in [3.05, 3.63) is 59.7 Å². The van der Waals surface area contributed by atoms with Crippen molar-refractivity contribution in [2.24, 2.45) is 11.8 Å². The lowest BCUT2D eigenvalue weighted by atomic mass is 9.92. The van der Waals surface area contributed by atoms with Gasteiger partial charge in [0.05, 0.1) is 5.69 Å². The molecule has 0 spiro atoms. The maximum Gasteiger partial charge on any atom is 0.243 e. The van der Waals surface area contributed by atoms with Crippen LogP contribution in [0.4, 0.5) is 24.1 Å². The van der Waals surface area contributed by atoms with Gasteiger partial charge < -0.3 is 10.2 Å². The highest BCUT2D eigenvalue weighted by Crippen LogP contribution is 2.41. The van der Waals surface area contributed by atoms with Gasteiger partial charge in [-0.3, -0.25) is 0 Å². The Morgan fingerprint density at radius 2 is 1.82 bits per heavy atom. The van der Waals surface area contributed by atoms with Crippen LogP contribution in [0, 0.1) is 36.2 Å². The SMILES string of the molecule is Cc1cc(N2CC3CC[C@@H](C2)[C@@H]3Nc2nc3c(-c4ccc(F)c(F)c4F)cccn3n2)sn1. The largest absolute Gasteiger partial charge is 0.361 e. The van der Waals surface area contributed by atoms with Gasteiger partial charge in [0.25, 0.3) is 0 Å². The number of aryl methyl sites for hydroxylation is 1. The fourth-order valence-electron chi connectivity index (χ4n) is 5.20. The summed E-state index contributed by atoms with van der Waals surface area (Å²) in [6.45, 7) is 3.92. The van der Waals surface area contributed by atoms with Gasteiger partial charge in [-0.2, -0.15) is 9.36 Å². The van der Waals surface area contributed by atoms with Gasteiger partial charge >= 0.3 is 0 Å². The number of hydrogen-bond donors (Lipinski definition) is 1. The van der Waals surface area contributed by atoms with Crippen molar-refractivity contribution < 1.29 is 13.2 Å². The molecule has 1 unspecified atom stereocenters. The standard InChI is InChI=1S/C23H21F3N6S/c1-12-9-18(33-30-12)31-10-13-4-5-14(11-31)21(13)27-23-28-22-16(3-2-8-32(22)29-23)15-6-7-17(24)20(26)19(15)25/h2-3,6-9,13-14,21H,4-5,10-11H2,1H3,(H,27,29)/t13-,14?,21-/m0/s1. The fourth-order valence-corrected chi connectivity index (χ4v) is 5.98. The van der Waals surface area contributed by atoms with E-state index in [2.05, 4.69) is 30.7 Å². The Balaban J connectivity index is 1.28. The number of aromatic nitrogens is 4. The molecule has 33 heavy (non-hydrogen) atoms. The number of fused-ring (bicyclic) bond motifs is 3. The zero-order valence-corrected chi connectivity index (χ0v) is 18.6. The monoisotopic (exact) mass is 470 g/mol. The number of nitrogens with zero attached hydrogens (tertiary/aromatic N) is 5. The Kier molecular flexibility index (Phi) is 4.79. The van der Waals surface area contributed by atoms with E-state index in [1.54, 1.807) is 29.9 Å². The summed E-state index contributed by atoms with van der Waals surface area (Å²) in [6, 6.07) is 7.84. The molecule has 4 heterocycles. The second-order valence-corrected chi connectivity index (χ2v) is 9.61. The highest BCUT2D eigenvalue weighted by molar-refractivity contribution is 7.10. The predicted molar refractivity (Wildman–Crippen MR) is 121 cm³/mol. The van der Waals surface area contributed by atoms with Gasteiger partial charge in [0.1, 0.15) is 5.00 Å². The van der Waals surface area contributed by atoms with E-state index in [4.69, 9.17) is 0 Å². The van der Waals surface area contributed by atoms with Gasteiger partial charge in [0, 0.05) is 36.5 Å². The first-order valence-electron chi connectivity index (χ1n) is 10.9. The first-order valence-corrected chi connectivity index (χ1v) is 11.7. The van der Waals surface area contributed by atoms with Crippen molar-refractivity contribution in [1.29, 1.82) is 0 Å². The van der Waals surface area contributed by atoms with Crippen LogP contribution in [0.5, 0.6) is 0 Å². The van der Waals surface area contributed by atoms with Gasteiger partial charge in [-0.05, 0) is 73.5 Å². The zero-order valence-electron chi connectivity index (χ0n) is 17.8. The van der Waals surface area contributed by atoms with E-state index in [1.165, 1.54) is 15.6 Å². The molecule has 4 aromatic rings. The zero-order chi connectivity index (χ0) is 22.7. The number of halogens is 3. The Hall–Kier alpha value is -3.14. The number of pyridine rings is 1. The van der Waals surface area contributed by atoms with E-state index in [0.29, 0.717) is 29.0 Å². The second-order valence-electron chi connectivity index (χ2n) is 8.83. The van der Waals surface area contributed by atoms with Crippen molar-refractivity contribution >= 4 is 28.1 Å². The van der Waals surface area contributed by atoms with Crippen molar-refractivity contribution in [2.75, 3.05) is 23.3 Å². The average molecular weight is 471 g/mol. The molecule has 2 aliphatic rings. The number of rotatable bonds is 4. The summed E-state index contributed by atoms with van der Waals surface area (Å²) < 4.78 is 47.6. The van der Waals surface area contributed by atoms with Crippen molar-refractivity contribution in [1.82, 2.24) is 19.0 Å². The van der Waals surface area contributed by atoms with Crippen molar-refractivity contribution in [3.63, 3.8) is 0 Å². The molecule has 1 saturated carbocycles. The Morgan fingerprint density at radius 1 is 1.03 bits per heavy atom. The van der Waals surface area contributed by atoms with Crippen molar-refractivity contribution in [2.45, 2.75) is 25.8 Å². The van der Waals surface area contributed by atoms with Crippen LogP contribution in [0.25, 0.3) is 16.8 Å². The smallest absolute Gasteiger partial charge is 0.243 e. The summed E-state index contributed by atoms with van der Waals surface area (Å²) in [5.74, 6) is -2.57. The Labute approximate surface area is 192 Å². The molecule has 3 aromatic heterocycles. The summed E-state index contributed by atoms with van der Waals surface area (Å²) in [5.41, 5.74) is 1.74. The van der Waals surface area contributed by atoms with E-state index < -0.39 is 17.5 Å². The molecule has 170 valence electrons. The van der Waals surface area contributed by atoms with Crippen LogP contribution in [0.15, 0.2) is 36.5 Å². The molecular weight excluding hydrogens is 449 g/mol. The van der Waals surface area contributed by atoms with E-state index in [1.807, 2.05) is 6.92 Å². The molecule has 6 rings (SSSR count). The Bertz CT molecular complexity index is 1340. The molecule has 1 aromatic carbocycles. The summed E-state index contributed by atoms with van der Waals surface area (Å²) in [6.07, 6.45) is 3.97. The number of piperidine rings is 1. The molecular formula is C23H21F3N6S. The molecule has 1 aliphatic heterocycles. The third-order valence-corrected chi connectivity index (χ3v) is 7.69. The van der Waals surface area contributed by atoms with Gasteiger partial charge in [-0.15, -0.1) is 5.10 Å². The molecule has 1 N–H and O–H groups in total. The maximum atomic E-state index is 14.4. The highest BCUT2D eigenvalue weighted by Gasteiger charge is 2.43. The van der Waals surface area contributed by atoms with Crippen LogP contribution in [0.3, 0.4) is 0 Å². The molecule has 0 amide bonds. The molecule has 6 nitrogen and oxygen atoms in total. The minimum Gasteiger partial charge on any atom is -0.361 e. The quantitative estimate of drug-likeness (QED) is 0.430. The number of hydrogen-bond acceptors (Lipinski definition) is 6.